The van der Waals surface area contributed by atoms with Gasteiger partial charge in [-0.15, -0.1) is 0 Å². The standard InChI is InChI=1S/C15H21N3O4/c1-10-13(17(2)7-8-19)5-6-18(10)14(20)11-3-4-12(15(21)22)16-9-11/h3-4,9-10,13,19H,5-8H2,1-2H3,(H,21,22)/t10-,13-/m1/s1. The molecule has 0 radical (unpaired) electrons. The van der Waals surface area contributed by atoms with E-state index in [1.54, 1.807) is 4.90 Å². The number of likely N-dealkylation sites (N-methyl/N-ethyl adjacent to an activating group) is 1. The Morgan fingerprint density at radius 1 is 1.45 bits per heavy atom. The van der Waals surface area contributed by atoms with Gasteiger partial charge in [-0.05, 0) is 32.5 Å². The van der Waals surface area contributed by atoms with Crippen LogP contribution in [0.5, 0.6) is 0 Å². The number of aliphatic hydroxyl groups is 1. The number of pyridine rings is 1. The average Bonchev–Trinajstić information content (AvgIpc) is 2.88. The van der Waals surface area contributed by atoms with Crippen molar-refractivity contribution in [1.29, 1.82) is 0 Å². The number of likely N-dealkylation sites (tertiary alicyclic amines) is 1. The van der Waals surface area contributed by atoms with Gasteiger partial charge in [-0.2, -0.15) is 0 Å². The van der Waals surface area contributed by atoms with Crippen molar-refractivity contribution in [2.75, 3.05) is 26.7 Å². The number of aromatic carboxylic acids is 1. The fourth-order valence-electron chi connectivity index (χ4n) is 2.94. The minimum absolute atomic E-state index is 0.0307. The van der Waals surface area contributed by atoms with Crippen molar-refractivity contribution in [1.82, 2.24) is 14.8 Å². The summed E-state index contributed by atoms with van der Waals surface area (Å²) in [7, 11) is 1.94. The maximum absolute atomic E-state index is 12.5. The van der Waals surface area contributed by atoms with E-state index < -0.39 is 5.97 Å². The molecular formula is C15H21N3O4. The number of aliphatic hydroxyl groups excluding tert-OH is 1. The van der Waals surface area contributed by atoms with Gasteiger partial charge in [0.1, 0.15) is 5.69 Å². The SMILES string of the molecule is C[C@@H]1[C@H](N(C)CCO)CCN1C(=O)c1ccc(C(=O)O)nc1. The smallest absolute Gasteiger partial charge is 0.354 e. The second kappa shape index (κ2) is 6.85. The molecule has 7 nitrogen and oxygen atoms in total. The van der Waals surface area contributed by atoms with Gasteiger partial charge < -0.3 is 15.1 Å². The van der Waals surface area contributed by atoms with Gasteiger partial charge >= 0.3 is 5.97 Å². The molecule has 1 saturated heterocycles. The predicted octanol–water partition coefficient (Wildman–Crippen LogP) is 0.307. The minimum Gasteiger partial charge on any atom is -0.477 e. The maximum Gasteiger partial charge on any atom is 0.354 e. The molecule has 1 aliphatic rings. The summed E-state index contributed by atoms with van der Waals surface area (Å²) < 4.78 is 0. The molecule has 2 N–H and O–H groups in total. The molecule has 120 valence electrons. The van der Waals surface area contributed by atoms with Crippen LogP contribution in [0.4, 0.5) is 0 Å². The fraction of sp³-hybridized carbons (Fsp3) is 0.533. The molecule has 0 bridgehead atoms. The van der Waals surface area contributed by atoms with Crippen LogP contribution in [-0.2, 0) is 0 Å². The number of amides is 1. The Hall–Kier alpha value is -1.99. The molecule has 22 heavy (non-hydrogen) atoms. The van der Waals surface area contributed by atoms with E-state index >= 15 is 0 Å². The predicted molar refractivity (Wildman–Crippen MR) is 79.8 cm³/mol. The van der Waals surface area contributed by atoms with Crippen molar-refractivity contribution < 1.29 is 19.8 Å². The highest BCUT2D eigenvalue weighted by molar-refractivity contribution is 5.95. The topological polar surface area (TPSA) is 94.0 Å². The largest absolute Gasteiger partial charge is 0.477 e. The third-order valence-corrected chi connectivity index (χ3v) is 4.22. The minimum atomic E-state index is -1.11. The first-order chi connectivity index (χ1) is 10.5. The van der Waals surface area contributed by atoms with Crippen LogP contribution >= 0.6 is 0 Å². The number of carbonyl (C=O) groups excluding carboxylic acids is 1. The molecule has 0 aromatic carbocycles. The summed E-state index contributed by atoms with van der Waals surface area (Å²) in [6.45, 7) is 3.30. The Kier molecular flexibility index (Phi) is 5.10. The van der Waals surface area contributed by atoms with Crippen molar-refractivity contribution in [3.63, 3.8) is 0 Å². The molecule has 1 aliphatic heterocycles. The molecule has 7 heteroatoms. The van der Waals surface area contributed by atoms with Crippen LogP contribution in [0.25, 0.3) is 0 Å². The zero-order chi connectivity index (χ0) is 16.3. The Balaban J connectivity index is 2.08. The van der Waals surface area contributed by atoms with Gasteiger partial charge in [-0.3, -0.25) is 9.69 Å². The molecule has 2 heterocycles. The van der Waals surface area contributed by atoms with E-state index in [4.69, 9.17) is 10.2 Å². The van der Waals surface area contributed by atoms with Gasteiger partial charge in [0.15, 0.2) is 0 Å². The molecule has 2 atom stereocenters. The number of nitrogens with zero attached hydrogens (tertiary/aromatic N) is 3. The van der Waals surface area contributed by atoms with Crippen molar-refractivity contribution in [2.45, 2.75) is 25.4 Å². The van der Waals surface area contributed by atoms with Crippen molar-refractivity contribution in [3.05, 3.63) is 29.6 Å². The van der Waals surface area contributed by atoms with Crippen LogP contribution in [0, 0.1) is 0 Å². The second-order valence-electron chi connectivity index (χ2n) is 5.54. The Bertz CT molecular complexity index is 546. The van der Waals surface area contributed by atoms with E-state index in [0.717, 1.165) is 6.42 Å². The average molecular weight is 307 g/mol. The normalized spacial score (nSPS) is 21.4. The maximum atomic E-state index is 12.5. The van der Waals surface area contributed by atoms with Crippen LogP contribution in [0.2, 0.25) is 0 Å². The molecule has 0 aliphatic carbocycles. The molecular weight excluding hydrogens is 286 g/mol. The molecule has 1 aromatic rings. The number of rotatable bonds is 5. The Labute approximate surface area is 129 Å². The van der Waals surface area contributed by atoms with Crippen LogP contribution in [0.3, 0.4) is 0 Å². The molecule has 1 fully saturated rings. The van der Waals surface area contributed by atoms with E-state index in [0.29, 0.717) is 18.7 Å². The van der Waals surface area contributed by atoms with Crippen molar-refractivity contribution >= 4 is 11.9 Å². The lowest BCUT2D eigenvalue weighted by molar-refractivity contribution is 0.0680. The monoisotopic (exact) mass is 307 g/mol. The van der Waals surface area contributed by atoms with E-state index in [1.807, 2.05) is 14.0 Å². The van der Waals surface area contributed by atoms with Crippen LogP contribution in [0.1, 0.15) is 34.2 Å². The quantitative estimate of drug-likeness (QED) is 0.813. The summed E-state index contributed by atoms with van der Waals surface area (Å²) in [5.74, 6) is -1.25. The third-order valence-electron chi connectivity index (χ3n) is 4.22. The lowest BCUT2D eigenvalue weighted by atomic mass is 10.1. The highest BCUT2D eigenvalue weighted by atomic mass is 16.4. The number of carboxylic acid groups (broad SMARTS) is 1. The van der Waals surface area contributed by atoms with Gasteiger partial charge in [-0.1, -0.05) is 0 Å². The van der Waals surface area contributed by atoms with E-state index in [2.05, 4.69) is 9.88 Å². The Morgan fingerprint density at radius 2 is 2.18 bits per heavy atom. The molecule has 0 saturated carbocycles. The van der Waals surface area contributed by atoms with E-state index in [-0.39, 0.29) is 30.3 Å². The molecule has 0 unspecified atom stereocenters. The number of aromatic nitrogens is 1. The van der Waals surface area contributed by atoms with Gasteiger partial charge in [0.05, 0.1) is 12.2 Å². The fourth-order valence-corrected chi connectivity index (χ4v) is 2.94. The lowest BCUT2D eigenvalue weighted by Gasteiger charge is -2.30. The second-order valence-corrected chi connectivity index (χ2v) is 5.54. The number of hydrogen-bond acceptors (Lipinski definition) is 5. The van der Waals surface area contributed by atoms with E-state index in [9.17, 15) is 9.59 Å². The zero-order valence-electron chi connectivity index (χ0n) is 12.8. The van der Waals surface area contributed by atoms with Crippen molar-refractivity contribution in [2.24, 2.45) is 0 Å². The molecule has 1 amide bonds. The molecule has 2 rings (SSSR count). The molecule has 0 spiro atoms. The van der Waals surface area contributed by atoms with Crippen LogP contribution in [0.15, 0.2) is 18.3 Å². The lowest BCUT2D eigenvalue weighted by Crippen LogP contribution is -2.44. The van der Waals surface area contributed by atoms with E-state index in [1.165, 1.54) is 18.3 Å². The van der Waals surface area contributed by atoms with Crippen LogP contribution < -0.4 is 0 Å². The highest BCUT2D eigenvalue weighted by Crippen LogP contribution is 2.23. The summed E-state index contributed by atoms with van der Waals surface area (Å²) in [6, 6.07) is 3.08. The van der Waals surface area contributed by atoms with Gasteiger partial charge in [0.25, 0.3) is 5.91 Å². The summed E-state index contributed by atoms with van der Waals surface area (Å²) in [5, 5.41) is 17.9. The molecule has 1 aromatic heterocycles. The summed E-state index contributed by atoms with van der Waals surface area (Å²) in [5.41, 5.74) is 0.314. The number of carboxylic acids is 1. The first kappa shape index (κ1) is 16.4. The number of hydrogen-bond donors (Lipinski definition) is 2. The Morgan fingerprint density at radius 3 is 2.73 bits per heavy atom. The third kappa shape index (κ3) is 3.26. The first-order valence-corrected chi connectivity index (χ1v) is 7.27. The van der Waals surface area contributed by atoms with Gasteiger partial charge in [0, 0.05) is 31.4 Å². The van der Waals surface area contributed by atoms with Crippen molar-refractivity contribution in [3.8, 4) is 0 Å². The summed E-state index contributed by atoms with van der Waals surface area (Å²) >= 11 is 0. The van der Waals surface area contributed by atoms with Gasteiger partial charge in [0.2, 0.25) is 0 Å². The first-order valence-electron chi connectivity index (χ1n) is 7.27. The zero-order valence-corrected chi connectivity index (χ0v) is 12.8. The highest BCUT2D eigenvalue weighted by Gasteiger charge is 2.36. The van der Waals surface area contributed by atoms with Crippen LogP contribution in [-0.4, -0.2) is 75.7 Å². The summed E-state index contributed by atoms with van der Waals surface area (Å²) in [4.78, 5) is 30.9. The number of carbonyl (C=O) groups is 2. The summed E-state index contributed by atoms with van der Waals surface area (Å²) in [6.07, 6.45) is 2.16. The van der Waals surface area contributed by atoms with Gasteiger partial charge in [-0.25, -0.2) is 9.78 Å².